The summed E-state index contributed by atoms with van der Waals surface area (Å²) < 4.78 is 28.5. The predicted molar refractivity (Wildman–Crippen MR) is 90.5 cm³/mol. The van der Waals surface area contributed by atoms with Gasteiger partial charge in [-0.1, -0.05) is 40.5 Å². The second kappa shape index (κ2) is 6.38. The summed E-state index contributed by atoms with van der Waals surface area (Å²) in [6.45, 7) is 3.79. The molecule has 3 nitrogen and oxygen atoms in total. The number of benzene rings is 2. The minimum Gasteiger partial charge on any atom is -0.280 e. The van der Waals surface area contributed by atoms with E-state index in [0.717, 1.165) is 15.6 Å². The summed E-state index contributed by atoms with van der Waals surface area (Å²) in [6.07, 6.45) is 0.629. The summed E-state index contributed by atoms with van der Waals surface area (Å²) >= 11 is 9.38. The van der Waals surface area contributed by atoms with Crippen LogP contribution in [-0.2, 0) is 16.4 Å². The van der Waals surface area contributed by atoms with E-state index in [4.69, 9.17) is 11.6 Å². The molecule has 0 aliphatic carbocycles. The maximum Gasteiger partial charge on any atom is 0.262 e. The van der Waals surface area contributed by atoms with Gasteiger partial charge in [0.25, 0.3) is 10.0 Å². The lowest BCUT2D eigenvalue weighted by Crippen LogP contribution is -2.15. The van der Waals surface area contributed by atoms with E-state index in [0.29, 0.717) is 17.1 Å². The van der Waals surface area contributed by atoms with E-state index >= 15 is 0 Å². The van der Waals surface area contributed by atoms with Gasteiger partial charge in [0.2, 0.25) is 0 Å². The lowest BCUT2D eigenvalue weighted by molar-refractivity contribution is 0.600. The number of halogens is 2. The molecular formula is C15H15BrClNO2S. The van der Waals surface area contributed by atoms with Gasteiger partial charge in [0.05, 0.1) is 10.6 Å². The zero-order chi connectivity index (χ0) is 15.6. The largest absolute Gasteiger partial charge is 0.280 e. The van der Waals surface area contributed by atoms with Crippen LogP contribution in [0, 0.1) is 6.92 Å². The van der Waals surface area contributed by atoms with E-state index in [1.54, 1.807) is 30.3 Å². The number of anilines is 1. The number of sulfonamides is 1. The molecule has 0 aromatic heterocycles. The number of rotatable bonds is 4. The summed E-state index contributed by atoms with van der Waals surface area (Å²) in [5.41, 5.74) is 2.11. The topological polar surface area (TPSA) is 46.2 Å². The summed E-state index contributed by atoms with van der Waals surface area (Å²) in [5.74, 6) is 0. The second-order valence-corrected chi connectivity index (χ2v) is 7.65. The van der Waals surface area contributed by atoms with Crippen molar-refractivity contribution in [1.82, 2.24) is 0 Å². The lowest BCUT2D eigenvalue weighted by Gasteiger charge is -2.12. The van der Waals surface area contributed by atoms with Crippen LogP contribution >= 0.6 is 27.5 Å². The van der Waals surface area contributed by atoms with Crippen LogP contribution in [-0.4, -0.2) is 8.42 Å². The minimum atomic E-state index is -3.63. The van der Waals surface area contributed by atoms with E-state index in [9.17, 15) is 8.42 Å². The van der Waals surface area contributed by atoms with Gasteiger partial charge < -0.3 is 0 Å². The smallest absolute Gasteiger partial charge is 0.262 e. The van der Waals surface area contributed by atoms with Crippen LogP contribution in [0.25, 0.3) is 0 Å². The molecule has 0 spiro atoms. The Morgan fingerprint density at radius 3 is 2.52 bits per heavy atom. The zero-order valence-corrected chi connectivity index (χ0v) is 14.8. The Hall–Kier alpha value is -1.04. The van der Waals surface area contributed by atoms with E-state index < -0.39 is 10.0 Å². The summed E-state index contributed by atoms with van der Waals surface area (Å²) in [5, 5.41) is 0.529. The third kappa shape index (κ3) is 3.78. The van der Waals surface area contributed by atoms with Crippen molar-refractivity contribution < 1.29 is 8.42 Å². The maximum atomic E-state index is 12.5. The molecule has 2 aromatic carbocycles. The van der Waals surface area contributed by atoms with Crippen molar-refractivity contribution in [2.24, 2.45) is 0 Å². The molecule has 2 aromatic rings. The van der Waals surface area contributed by atoms with Crippen LogP contribution in [0.15, 0.2) is 45.8 Å². The Kier molecular flexibility index (Phi) is 4.96. The average molecular weight is 389 g/mol. The van der Waals surface area contributed by atoms with Crippen molar-refractivity contribution in [3.63, 3.8) is 0 Å². The monoisotopic (exact) mass is 387 g/mol. The van der Waals surface area contributed by atoms with Crippen molar-refractivity contribution >= 4 is 43.2 Å². The Morgan fingerprint density at radius 1 is 1.19 bits per heavy atom. The van der Waals surface area contributed by atoms with Crippen LogP contribution in [0.4, 0.5) is 5.69 Å². The van der Waals surface area contributed by atoms with Crippen molar-refractivity contribution in [3.05, 3.63) is 57.0 Å². The number of hydrogen-bond donors (Lipinski definition) is 1. The molecule has 0 bridgehead atoms. The lowest BCUT2D eigenvalue weighted by atomic mass is 10.2. The molecule has 21 heavy (non-hydrogen) atoms. The van der Waals surface area contributed by atoms with Crippen molar-refractivity contribution in [2.45, 2.75) is 25.2 Å². The van der Waals surface area contributed by atoms with Crippen molar-refractivity contribution in [1.29, 1.82) is 0 Å². The van der Waals surface area contributed by atoms with Crippen molar-refractivity contribution in [2.75, 3.05) is 4.72 Å². The normalized spacial score (nSPS) is 11.4. The third-order valence-corrected chi connectivity index (χ3v) is 5.50. The summed E-state index contributed by atoms with van der Waals surface area (Å²) in [6, 6.07) is 10.2. The zero-order valence-electron chi connectivity index (χ0n) is 11.7. The van der Waals surface area contributed by atoms with Crippen molar-refractivity contribution in [3.8, 4) is 0 Å². The molecule has 1 N–H and O–H groups in total. The van der Waals surface area contributed by atoms with Gasteiger partial charge in [-0.25, -0.2) is 8.42 Å². The first-order valence-corrected chi connectivity index (χ1v) is 9.06. The molecule has 2 rings (SSSR count). The van der Waals surface area contributed by atoms with E-state index in [1.807, 2.05) is 19.9 Å². The molecule has 0 heterocycles. The molecule has 0 unspecified atom stereocenters. The quantitative estimate of drug-likeness (QED) is 0.819. The van der Waals surface area contributed by atoms with E-state index in [1.165, 1.54) is 0 Å². The molecule has 0 fully saturated rings. The third-order valence-electron chi connectivity index (χ3n) is 3.12. The van der Waals surface area contributed by atoms with Gasteiger partial charge in [0.15, 0.2) is 0 Å². The Labute approximate surface area is 138 Å². The van der Waals surface area contributed by atoms with Gasteiger partial charge in [0, 0.05) is 9.50 Å². The molecule has 0 saturated carbocycles. The van der Waals surface area contributed by atoms with Crippen LogP contribution in [0.3, 0.4) is 0 Å². The van der Waals surface area contributed by atoms with E-state index in [2.05, 4.69) is 20.7 Å². The molecule has 112 valence electrons. The fourth-order valence-corrected chi connectivity index (χ4v) is 3.88. The number of nitrogens with one attached hydrogen (secondary N) is 1. The molecule has 6 heteroatoms. The highest BCUT2D eigenvalue weighted by Gasteiger charge is 2.18. The fourth-order valence-electron chi connectivity index (χ4n) is 1.95. The number of hydrogen-bond acceptors (Lipinski definition) is 2. The molecule has 0 amide bonds. The molecule has 0 saturated heterocycles. The van der Waals surface area contributed by atoms with Gasteiger partial charge in [0.1, 0.15) is 0 Å². The van der Waals surface area contributed by atoms with Gasteiger partial charge in [-0.3, -0.25) is 4.72 Å². The summed E-state index contributed by atoms with van der Waals surface area (Å²) in [7, 11) is -3.63. The van der Waals surface area contributed by atoms with Gasteiger partial charge in [-0.05, 0) is 54.8 Å². The molecule has 0 radical (unpaired) electrons. The highest BCUT2D eigenvalue weighted by molar-refractivity contribution is 9.10. The SMILES string of the molecule is CCc1cc(Br)ccc1S(=O)(=O)Nc1ccc(C)c(Cl)c1. The highest BCUT2D eigenvalue weighted by atomic mass is 79.9. The first-order valence-electron chi connectivity index (χ1n) is 6.41. The molecule has 0 atom stereocenters. The van der Waals surface area contributed by atoms with Crippen LogP contribution in [0.5, 0.6) is 0 Å². The van der Waals surface area contributed by atoms with Crippen LogP contribution in [0.1, 0.15) is 18.1 Å². The highest BCUT2D eigenvalue weighted by Crippen LogP contribution is 2.26. The maximum absolute atomic E-state index is 12.5. The van der Waals surface area contributed by atoms with Crippen LogP contribution in [0.2, 0.25) is 5.02 Å². The molecular weight excluding hydrogens is 374 g/mol. The first-order chi connectivity index (χ1) is 9.83. The standard InChI is InChI=1S/C15H15BrClNO2S/c1-3-11-8-12(16)5-7-15(11)21(19,20)18-13-6-4-10(2)14(17)9-13/h4-9,18H,3H2,1-2H3. The Balaban J connectivity index is 2.40. The van der Waals surface area contributed by atoms with Gasteiger partial charge in [-0.2, -0.15) is 0 Å². The first kappa shape index (κ1) is 16.3. The minimum absolute atomic E-state index is 0.282. The fraction of sp³-hybridized carbons (Fsp3) is 0.200. The predicted octanol–water partition coefficient (Wildman–Crippen LogP) is 4.77. The Bertz CT molecular complexity index is 775. The second-order valence-electron chi connectivity index (χ2n) is 4.68. The van der Waals surface area contributed by atoms with Crippen LogP contribution < -0.4 is 4.72 Å². The molecule has 0 aliphatic rings. The number of aryl methyl sites for hydroxylation is 2. The van der Waals surface area contributed by atoms with Gasteiger partial charge >= 0.3 is 0 Å². The average Bonchev–Trinajstić information content (AvgIpc) is 2.42. The van der Waals surface area contributed by atoms with E-state index in [-0.39, 0.29) is 4.90 Å². The molecule has 0 aliphatic heterocycles. The van der Waals surface area contributed by atoms with Gasteiger partial charge in [-0.15, -0.1) is 0 Å². The Morgan fingerprint density at radius 2 is 1.90 bits per heavy atom. The summed E-state index contributed by atoms with van der Waals surface area (Å²) in [4.78, 5) is 0.282.